The fraction of sp³-hybridized carbons (Fsp3) is 0.250. The second-order valence-corrected chi connectivity index (χ2v) is 3.85. The van der Waals surface area contributed by atoms with Gasteiger partial charge in [-0.1, -0.05) is 0 Å². The van der Waals surface area contributed by atoms with E-state index >= 15 is 0 Å². The number of carbonyl (C=O) groups excluding carboxylic acids is 1. The third kappa shape index (κ3) is 1.97. The summed E-state index contributed by atoms with van der Waals surface area (Å²) in [6.45, 7) is 1.73. The predicted octanol–water partition coefficient (Wildman–Crippen LogP) is 1.79. The van der Waals surface area contributed by atoms with Crippen molar-refractivity contribution in [2.45, 2.75) is 12.8 Å². The van der Waals surface area contributed by atoms with E-state index in [0.717, 1.165) is 22.2 Å². The first-order valence-electron chi connectivity index (χ1n) is 5.26. The van der Waals surface area contributed by atoms with Gasteiger partial charge in [0.2, 0.25) is 0 Å². The summed E-state index contributed by atoms with van der Waals surface area (Å²) in [5.74, 6) is -0.135. The Labute approximate surface area is 98.4 Å². The minimum Gasteiger partial charge on any atom is -0.497 e. The van der Waals surface area contributed by atoms with Crippen LogP contribution in [-0.4, -0.2) is 23.2 Å². The fourth-order valence-electron chi connectivity index (χ4n) is 1.84. The van der Waals surface area contributed by atoms with Gasteiger partial charge in [-0.3, -0.25) is 10.0 Å². The summed E-state index contributed by atoms with van der Waals surface area (Å²) in [5, 5.41) is 9.56. The van der Waals surface area contributed by atoms with Gasteiger partial charge in [-0.25, -0.2) is 5.48 Å². The second-order valence-electron chi connectivity index (χ2n) is 3.85. The highest BCUT2D eigenvalue weighted by atomic mass is 16.5. The highest BCUT2D eigenvalue weighted by molar-refractivity contribution is 5.92. The summed E-state index contributed by atoms with van der Waals surface area (Å²) in [5.41, 5.74) is 3.42. The second kappa shape index (κ2) is 4.47. The van der Waals surface area contributed by atoms with Crippen molar-refractivity contribution in [1.29, 1.82) is 0 Å². The molecule has 0 radical (unpaired) electrons. The van der Waals surface area contributed by atoms with Gasteiger partial charge < -0.3 is 9.72 Å². The molecule has 0 saturated carbocycles. The van der Waals surface area contributed by atoms with Crippen molar-refractivity contribution in [3.63, 3.8) is 0 Å². The highest BCUT2D eigenvalue weighted by Crippen LogP contribution is 2.28. The number of amides is 1. The number of fused-ring (bicyclic) bond motifs is 1. The van der Waals surface area contributed by atoms with E-state index in [4.69, 9.17) is 9.94 Å². The largest absolute Gasteiger partial charge is 0.497 e. The van der Waals surface area contributed by atoms with Crippen LogP contribution >= 0.6 is 0 Å². The summed E-state index contributed by atoms with van der Waals surface area (Å²) in [4.78, 5) is 14.5. The summed E-state index contributed by atoms with van der Waals surface area (Å²) in [7, 11) is 1.59. The third-order valence-corrected chi connectivity index (χ3v) is 2.89. The molecule has 1 heterocycles. The van der Waals surface area contributed by atoms with E-state index in [9.17, 15) is 4.79 Å². The molecule has 0 fully saturated rings. The molecule has 0 aliphatic heterocycles. The number of hydroxylamine groups is 1. The Morgan fingerprint density at radius 1 is 1.53 bits per heavy atom. The molecule has 0 aliphatic carbocycles. The van der Waals surface area contributed by atoms with Gasteiger partial charge in [0.15, 0.2) is 0 Å². The van der Waals surface area contributed by atoms with Crippen LogP contribution in [0.1, 0.15) is 18.4 Å². The zero-order valence-corrected chi connectivity index (χ0v) is 9.65. The Morgan fingerprint density at radius 3 is 2.94 bits per heavy atom. The van der Waals surface area contributed by atoms with E-state index in [-0.39, 0.29) is 0 Å². The lowest BCUT2D eigenvalue weighted by atomic mass is 10.00. The van der Waals surface area contributed by atoms with E-state index in [1.807, 2.05) is 18.2 Å². The van der Waals surface area contributed by atoms with Crippen LogP contribution in [0.2, 0.25) is 0 Å². The summed E-state index contributed by atoms with van der Waals surface area (Å²) in [6.07, 6.45) is 1.77. The number of ether oxygens (including phenoxy) is 1. The molecule has 3 N–H and O–H groups in total. The molecule has 2 aromatic rings. The van der Waals surface area contributed by atoms with Gasteiger partial charge in [0, 0.05) is 17.1 Å². The number of H-pyrrole nitrogens is 1. The van der Waals surface area contributed by atoms with Crippen LogP contribution in [0.3, 0.4) is 0 Å². The number of carbonyl (C=O) groups is 1. The molecule has 5 nitrogen and oxygen atoms in total. The van der Waals surface area contributed by atoms with Gasteiger partial charge >= 0.3 is 0 Å². The lowest BCUT2D eigenvalue weighted by Gasteiger charge is -2.08. The quantitative estimate of drug-likeness (QED) is 0.560. The molecular formula is C12H14N2O3. The summed E-state index contributed by atoms with van der Waals surface area (Å²) >= 11 is 0. The van der Waals surface area contributed by atoms with Gasteiger partial charge in [0.05, 0.1) is 13.0 Å². The maximum absolute atomic E-state index is 11.4. The standard InChI is InChI=1S/C12H14N2O3/c1-7(12(15)14-16)10-6-13-11-4-3-8(17-2)5-9(10)11/h3-7,13,16H,1-2H3,(H,14,15). The van der Waals surface area contributed by atoms with Crippen molar-refractivity contribution >= 4 is 16.8 Å². The van der Waals surface area contributed by atoms with Crippen molar-refractivity contribution in [2.75, 3.05) is 7.11 Å². The number of nitrogens with one attached hydrogen (secondary N) is 2. The molecule has 1 aromatic carbocycles. The summed E-state index contributed by atoms with van der Waals surface area (Å²) in [6, 6.07) is 5.60. The van der Waals surface area contributed by atoms with Crippen LogP contribution in [0.5, 0.6) is 5.75 Å². The minimum atomic E-state index is -0.436. The fourth-order valence-corrected chi connectivity index (χ4v) is 1.84. The van der Waals surface area contributed by atoms with Gasteiger partial charge in [-0.15, -0.1) is 0 Å². The molecule has 2 rings (SSSR count). The molecule has 0 bridgehead atoms. The monoisotopic (exact) mass is 234 g/mol. The van der Waals surface area contributed by atoms with Crippen LogP contribution in [0, 0.1) is 0 Å². The minimum absolute atomic E-state index is 0.430. The molecule has 1 amide bonds. The van der Waals surface area contributed by atoms with Crippen LogP contribution < -0.4 is 10.2 Å². The first-order valence-corrected chi connectivity index (χ1v) is 5.26. The first-order chi connectivity index (χ1) is 8.17. The number of methoxy groups -OCH3 is 1. The molecule has 1 aromatic heterocycles. The van der Waals surface area contributed by atoms with E-state index in [0.29, 0.717) is 0 Å². The van der Waals surface area contributed by atoms with Crippen LogP contribution in [-0.2, 0) is 4.79 Å². The number of rotatable bonds is 3. The number of aromatic amines is 1. The van der Waals surface area contributed by atoms with Crippen molar-refractivity contribution in [2.24, 2.45) is 0 Å². The Morgan fingerprint density at radius 2 is 2.29 bits per heavy atom. The maximum Gasteiger partial charge on any atom is 0.250 e. The Bertz CT molecular complexity index is 548. The van der Waals surface area contributed by atoms with Gasteiger partial charge in [0.1, 0.15) is 5.75 Å². The number of aromatic nitrogens is 1. The van der Waals surface area contributed by atoms with Crippen LogP contribution in [0.25, 0.3) is 10.9 Å². The van der Waals surface area contributed by atoms with Crippen LogP contribution in [0.15, 0.2) is 24.4 Å². The first kappa shape index (κ1) is 11.5. The Balaban J connectivity index is 2.50. The smallest absolute Gasteiger partial charge is 0.250 e. The molecule has 0 aliphatic rings. The van der Waals surface area contributed by atoms with Crippen molar-refractivity contribution < 1.29 is 14.7 Å². The van der Waals surface area contributed by atoms with Gasteiger partial charge in [-0.2, -0.15) is 0 Å². The molecule has 0 saturated heterocycles. The Hall–Kier alpha value is -2.01. The normalized spacial score (nSPS) is 12.4. The topological polar surface area (TPSA) is 74.4 Å². The molecular weight excluding hydrogens is 220 g/mol. The maximum atomic E-state index is 11.4. The number of benzene rings is 1. The molecule has 90 valence electrons. The van der Waals surface area contributed by atoms with E-state index in [1.165, 1.54) is 0 Å². The average Bonchev–Trinajstić information content (AvgIpc) is 2.79. The molecule has 17 heavy (non-hydrogen) atoms. The zero-order chi connectivity index (χ0) is 12.4. The highest BCUT2D eigenvalue weighted by Gasteiger charge is 2.18. The van der Waals surface area contributed by atoms with Crippen molar-refractivity contribution in [1.82, 2.24) is 10.5 Å². The van der Waals surface area contributed by atoms with E-state index in [2.05, 4.69) is 4.98 Å². The zero-order valence-electron chi connectivity index (χ0n) is 9.65. The Kier molecular flexibility index (Phi) is 3.01. The average molecular weight is 234 g/mol. The lowest BCUT2D eigenvalue weighted by Crippen LogP contribution is -2.24. The number of hydrogen-bond donors (Lipinski definition) is 3. The SMILES string of the molecule is COc1ccc2[nH]cc(C(C)C(=O)NO)c2c1. The molecule has 1 unspecified atom stereocenters. The molecule has 0 spiro atoms. The van der Waals surface area contributed by atoms with Crippen molar-refractivity contribution in [3.05, 3.63) is 30.0 Å². The third-order valence-electron chi connectivity index (χ3n) is 2.89. The van der Waals surface area contributed by atoms with E-state index in [1.54, 1.807) is 25.7 Å². The summed E-state index contributed by atoms with van der Waals surface area (Å²) < 4.78 is 5.15. The number of hydrogen-bond acceptors (Lipinski definition) is 3. The van der Waals surface area contributed by atoms with Gasteiger partial charge in [0.25, 0.3) is 5.91 Å². The predicted molar refractivity (Wildman–Crippen MR) is 63.2 cm³/mol. The van der Waals surface area contributed by atoms with Crippen LogP contribution in [0.4, 0.5) is 0 Å². The molecule has 1 atom stereocenters. The van der Waals surface area contributed by atoms with Gasteiger partial charge in [-0.05, 0) is 30.7 Å². The lowest BCUT2D eigenvalue weighted by molar-refractivity contribution is -0.130. The van der Waals surface area contributed by atoms with E-state index < -0.39 is 11.8 Å². The van der Waals surface area contributed by atoms with Crippen molar-refractivity contribution in [3.8, 4) is 5.75 Å². The molecule has 5 heteroatoms.